The van der Waals surface area contributed by atoms with Crippen LogP contribution in [0.15, 0.2) is 66.9 Å². The van der Waals surface area contributed by atoms with E-state index in [0.29, 0.717) is 18.4 Å². The van der Waals surface area contributed by atoms with Gasteiger partial charge in [0.05, 0.1) is 23.5 Å². The van der Waals surface area contributed by atoms with Gasteiger partial charge in [-0.05, 0) is 49.3 Å². The third kappa shape index (κ3) is 4.91. The van der Waals surface area contributed by atoms with Crippen molar-refractivity contribution in [3.63, 3.8) is 0 Å². The first-order chi connectivity index (χ1) is 18.5. The highest BCUT2D eigenvalue weighted by Crippen LogP contribution is 2.27. The summed E-state index contributed by atoms with van der Waals surface area (Å²) in [5.74, 6) is 1.52. The fourth-order valence-corrected chi connectivity index (χ4v) is 5.20. The number of nitrogens with one attached hydrogen (secondary N) is 2. The number of aromatic nitrogens is 5. The van der Waals surface area contributed by atoms with Crippen molar-refractivity contribution >= 4 is 28.4 Å². The molecule has 3 aromatic heterocycles. The van der Waals surface area contributed by atoms with E-state index in [1.165, 1.54) is 0 Å². The minimum Gasteiger partial charge on any atom is -0.393 e. The number of benzene rings is 2. The Kier molecular flexibility index (Phi) is 6.64. The summed E-state index contributed by atoms with van der Waals surface area (Å²) in [6, 6.07) is 20.9. The standard InChI is InChI=1S/C30H33N7O/c1-19(2)25-18-32-37-28(25)35-29(33-22-12-14-23(38)15-13-22)36-30(37)31-17-21-8-3-5-9-24(21)27-16-11-20-7-4-6-10-26(20)34-27/h3-11,16,18-19,22-23,38H,12-15,17H2,1-2H3,(H2,31,33,35,36)/t22-,23+. The molecular formula is C30H33N7O. The maximum atomic E-state index is 9.90. The van der Waals surface area contributed by atoms with Gasteiger partial charge in [-0.15, -0.1) is 0 Å². The lowest BCUT2D eigenvalue weighted by Crippen LogP contribution is -2.29. The van der Waals surface area contributed by atoms with Crippen molar-refractivity contribution in [1.82, 2.24) is 24.6 Å². The van der Waals surface area contributed by atoms with E-state index in [4.69, 9.17) is 15.0 Å². The summed E-state index contributed by atoms with van der Waals surface area (Å²) < 4.78 is 1.79. The van der Waals surface area contributed by atoms with Gasteiger partial charge >= 0.3 is 0 Å². The predicted octanol–water partition coefficient (Wildman–Crippen LogP) is 5.79. The summed E-state index contributed by atoms with van der Waals surface area (Å²) in [6.07, 6.45) is 5.09. The third-order valence-corrected chi connectivity index (χ3v) is 7.38. The normalized spacial score (nSPS) is 17.8. The molecule has 0 aliphatic heterocycles. The summed E-state index contributed by atoms with van der Waals surface area (Å²) in [6.45, 7) is 4.85. The fourth-order valence-electron chi connectivity index (χ4n) is 5.20. The summed E-state index contributed by atoms with van der Waals surface area (Å²) >= 11 is 0. The Morgan fingerprint density at radius 2 is 1.71 bits per heavy atom. The number of hydrogen-bond acceptors (Lipinski definition) is 7. The van der Waals surface area contributed by atoms with Crippen LogP contribution in [0.25, 0.3) is 27.8 Å². The summed E-state index contributed by atoms with van der Waals surface area (Å²) in [7, 11) is 0. The molecule has 0 amide bonds. The molecule has 0 bridgehead atoms. The lowest BCUT2D eigenvalue weighted by molar-refractivity contribution is 0.126. The van der Waals surface area contributed by atoms with Crippen LogP contribution >= 0.6 is 0 Å². The molecule has 2 aromatic carbocycles. The Labute approximate surface area is 222 Å². The van der Waals surface area contributed by atoms with Crippen LogP contribution in [0, 0.1) is 0 Å². The van der Waals surface area contributed by atoms with Crippen LogP contribution in [-0.4, -0.2) is 41.8 Å². The largest absolute Gasteiger partial charge is 0.393 e. The van der Waals surface area contributed by atoms with Crippen molar-refractivity contribution in [3.05, 3.63) is 78.0 Å². The monoisotopic (exact) mass is 507 g/mol. The number of aliphatic hydroxyl groups is 1. The molecule has 1 fully saturated rings. The number of aliphatic hydroxyl groups excluding tert-OH is 1. The smallest absolute Gasteiger partial charge is 0.229 e. The molecular weight excluding hydrogens is 474 g/mol. The van der Waals surface area contributed by atoms with Crippen molar-refractivity contribution in [2.24, 2.45) is 0 Å². The first kappa shape index (κ1) is 24.3. The van der Waals surface area contributed by atoms with Crippen LogP contribution in [0.2, 0.25) is 0 Å². The lowest BCUT2D eigenvalue weighted by Gasteiger charge is -2.26. The SMILES string of the molecule is CC(C)c1cnn2c(NCc3ccccc3-c3ccc4ccccc4n3)nc(N[C@H]3CC[C@@H](O)CC3)nc12. The third-order valence-electron chi connectivity index (χ3n) is 7.38. The molecule has 5 aromatic rings. The van der Waals surface area contributed by atoms with Gasteiger partial charge in [-0.25, -0.2) is 4.98 Å². The zero-order valence-corrected chi connectivity index (χ0v) is 21.8. The maximum absolute atomic E-state index is 9.90. The lowest BCUT2D eigenvalue weighted by atomic mass is 9.93. The first-order valence-corrected chi connectivity index (χ1v) is 13.4. The molecule has 194 valence electrons. The van der Waals surface area contributed by atoms with E-state index in [1.807, 2.05) is 36.5 Å². The fraction of sp³-hybridized carbons (Fsp3) is 0.333. The van der Waals surface area contributed by atoms with E-state index >= 15 is 0 Å². The molecule has 8 nitrogen and oxygen atoms in total. The van der Waals surface area contributed by atoms with Gasteiger partial charge in [0, 0.05) is 29.1 Å². The van der Waals surface area contributed by atoms with Gasteiger partial charge in [-0.3, -0.25) is 0 Å². The van der Waals surface area contributed by atoms with E-state index in [9.17, 15) is 5.11 Å². The molecule has 0 saturated heterocycles. The molecule has 1 saturated carbocycles. The highest BCUT2D eigenvalue weighted by atomic mass is 16.3. The van der Waals surface area contributed by atoms with Crippen LogP contribution in [-0.2, 0) is 6.54 Å². The van der Waals surface area contributed by atoms with Crippen LogP contribution in [0.1, 0.15) is 56.6 Å². The number of rotatable bonds is 7. The maximum Gasteiger partial charge on any atom is 0.229 e. The Balaban J connectivity index is 1.31. The van der Waals surface area contributed by atoms with E-state index in [1.54, 1.807) is 4.52 Å². The average molecular weight is 508 g/mol. The minimum atomic E-state index is -0.201. The number of nitrogens with zero attached hydrogens (tertiary/aromatic N) is 5. The Hall–Kier alpha value is -4.04. The molecule has 0 unspecified atom stereocenters. The molecule has 8 heteroatoms. The highest BCUT2D eigenvalue weighted by Gasteiger charge is 2.22. The number of pyridine rings is 1. The second-order valence-electron chi connectivity index (χ2n) is 10.4. The second kappa shape index (κ2) is 10.4. The van der Waals surface area contributed by atoms with Crippen molar-refractivity contribution in [3.8, 4) is 11.3 Å². The topological polar surface area (TPSA) is 100 Å². The van der Waals surface area contributed by atoms with Gasteiger partial charge in [-0.2, -0.15) is 19.6 Å². The Morgan fingerprint density at radius 3 is 2.55 bits per heavy atom. The van der Waals surface area contributed by atoms with Crippen molar-refractivity contribution in [1.29, 1.82) is 0 Å². The summed E-state index contributed by atoms with van der Waals surface area (Å²) in [4.78, 5) is 14.6. The molecule has 38 heavy (non-hydrogen) atoms. The van der Waals surface area contributed by atoms with Gasteiger partial charge in [0.25, 0.3) is 0 Å². The molecule has 0 spiro atoms. The van der Waals surface area contributed by atoms with Crippen LogP contribution in [0.4, 0.5) is 11.9 Å². The molecule has 3 N–H and O–H groups in total. The van der Waals surface area contributed by atoms with Gasteiger partial charge in [0.15, 0.2) is 5.65 Å². The minimum absolute atomic E-state index is 0.201. The number of fused-ring (bicyclic) bond motifs is 2. The Bertz CT molecular complexity index is 1570. The Morgan fingerprint density at radius 1 is 0.921 bits per heavy atom. The molecule has 1 aliphatic carbocycles. The average Bonchev–Trinajstić information content (AvgIpc) is 3.37. The molecule has 0 radical (unpaired) electrons. The van der Waals surface area contributed by atoms with Crippen LogP contribution < -0.4 is 10.6 Å². The van der Waals surface area contributed by atoms with E-state index in [-0.39, 0.29) is 18.1 Å². The summed E-state index contributed by atoms with van der Waals surface area (Å²) in [5, 5.41) is 22.7. The number of anilines is 2. The molecule has 1 aliphatic rings. The molecule has 6 rings (SSSR count). The number of para-hydroxylation sites is 1. The van der Waals surface area contributed by atoms with Crippen molar-refractivity contribution in [2.75, 3.05) is 10.6 Å². The predicted molar refractivity (Wildman–Crippen MR) is 151 cm³/mol. The van der Waals surface area contributed by atoms with Gasteiger partial charge in [0.1, 0.15) is 0 Å². The van der Waals surface area contributed by atoms with Crippen molar-refractivity contribution in [2.45, 2.75) is 64.1 Å². The molecule has 0 atom stereocenters. The van der Waals surface area contributed by atoms with Crippen molar-refractivity contribution < 1.29 is 5.11 Å². The van der Waals surface area contributed by atoms with Crippen LogP contribution in [0.3, 0.4) is 0 Å². The zero-order chi connectivity index (χ0) is 26.1. The van der Waals surface area contributed by atoms with E-state index in [0.717, 1.165) is 64.6 Å². The number of hydrogen-bond donors (Lipinski definition) is 3. The van der Waals surface area contributed by atoms with Gasteiger partial charge in [0.2, 0.25) is 11.9 Å². The van der Waals surface area contributed by atoms with E-state index in [2.05, 4.69) is 59.9 Å². The van der Waals surface area contributed by atoms with Gasteiger partial charge < -0.3 is 15.7 Å². The second-order valence-corrected chi connectivity index (χ2v) is 10.4. The van der Waals surface area contributed by atoms with Gasteiger partial charge in [-0.1, -0.05) is 62.4 Å². The summed E-state index contributed by atoms with van der Waals surface area (Å²) in [5.41, 5.74) is 6.01. The highest BCUT2D eigenvalue weighted by molar-refractivity contribution is 5.82. The molecule has 3 heterocycles. The van der Waals surface area contributed by atoms with E-state index < -0.39 is 0 Å². The quantitative estimate of drug-likeness (QED) is 0.256. The van der Waals surface area contributed by atoms with Crippen LogP contribution in [0.5, 0.6) is 0 Å². The zero-order valence-electron chi connectivity index (χ0n) is 21.8. The first-order valence-electron chi connectivity index (χ1n) is 13.4.